The van der Waals surface area contributed by atoms with E-state index in [9.17, 15) is 9.59 Å². The molecule has 0 radical (unpaired) electrons. The van der Waals surface area contributed by atoms with Crippen molar-refractivity contribution in [2.45, 2.75) is 39.7 Å². The number of hydrogen-bond acceptors (Lipinski definition) is 5. The molecule has 0 saturated carbocycles. The number of amides is 1. The van der Waals surface area contributed by atoms with Crippen LogP contribution in [0.25, 0.3) is 5.69 Å². The van der Waals surface area contributed by atoms with Crippen molar-refractivity contribution in [1.82, 2.24) is 9.55 Å². The summed E-state index contributed by atoms with van der Waals surface area (Å²) in [6.45, 7) is 7.32. The molecule has 0 bridgehead atoms. The minimum Gasteiger partial charge on any atom is -0.478 e. The van der Waals surface area contributed by atoms with E-state index in [1.54, 1.807) is 69.4 Å². The molecule has 3 aromatic rings. The van der Waals surface area contributed by atoms with Crippen LogP contribution >= 0.6 is 11.6 Å². The van der Waals surface area contributed by atoms with Crippen LogP contribution in [-0.4, -0.2) is 33.6 Å². The third-order valence-electron chi connectivity index (χ3n) is 4.78. The molecule has 0 aliphatic rings. The molecule has 0 saturated heterocycles. The number of hydrogen-bond donors (Lipinski definition) is 1. The van der Waals surface area contributed by atoms with Gasteiger partial charge in [0, 0.05) is 23.8 Å². The molecule has 0 aliphatic carbocycles. The summed E-state index contributed by atoms with van der Waals surface area (Å²) in [7, 11) is 0. The average molecular weight is 456 g/mol. The van der Waals surface area contributed by atoms with Crippen LogP contribution in [-0.2, 0) is 16.0 Å². The highest BCUT2D eigenvalue weighted by Gasteiger charge is 2.31. The van der Waals surface area contributed by atoms with Gasteiger partial charge in [-0.15, -0.1) is 0 Å². The lowest BCUT2D eigenvalue weighted by atomic mass is 10.1. The molecule has 0 unspecified atom stereocenters. The second-order valence-electron chi connectivity index (χ2n) is 7.54. The monoisotopic (exact) mass is 455 g/mol. The van der Waals surface area contributed by atoms with E-state index in [2.05, 4.69) is 10.3 Å². The molecule has 0 spiro atoms. The lowest BCUT2D eigenvalue weighted by molar-refractivity contribution is -0.128. The van der Waals surface area contributed by atoms with Crippen molar-refractivity contribution in [1.29, 1.82) is 0 Å². The summed E-state index contributed by atoms with van der Waals surface area (Å²) in [6.07, 6.45) is 4.20. The number of nitrogens with zero attached hydrogens (tertiary/aromatic N) is 2. The summed E-state index contributed by atoms with van der Waals surface area (Å²) in [5.41, 5.74) is 0.262. The molecule has 1 heterocycles. The van der Waals surface area contributed by atoms with Crippen LogP contribution in [0.1, 0.15) is 43.9 Å². The molecule has 168 valence electrons. The topological polar surface area (TPSA) is 82.5 Å². The number of nitrogens with one attached hydrogen (secondary N) is 1. The number of benzene rings is 2. The van der Waals surface area contributed by atoms with E-state index in [0.717, 1.165) is 5.82 Å². The molecule has 1 aromatic heterocycles. The van der Waals surface area contributed by atoms with Crippen LogP contribution in [0.2, 0.25) is 5.02 Å². The molecular formula is C24H26ClN3O4. The largest absolute Gasteiger partial charge is 0.478 e. The summed E-state index contributed by atoms with van der Waals surface area (Å²) < 4.78 is 12.9. The minimum atomic E-state index is -1.20. The summed E-state index contributed by atoms with van der Waals surface area (Å²) >= 11 is 5.93. The number of rotatable bonds is 8. The van der Waals surface area contributed by atoms with Crippen molar-refractivity contribution in [3.05, 3.63) is 71.3 Å². The highest BCUT2D eigenvalue weighted by molar-refractivity contribution is 6.30. The van der Waals surface area contributed by atoms with E-state index in [1.807, 2.05) is 17.7 Å². The number of anilines is 1. The normalized spacial score (nSPS) is 11.2. The van der Waals surface area contributed by atoms with Crippen molar-refractivity contribution in [3.63, 3.8) is 0 Å². The Balaban J connectivity index is 1.94. The van der Waals surface area contributed by atoms with Crippen LogP contribution in [0, 0.1) is 0 Å². The molecular weight excluding hydrogens is 430 g/mol. The standard InChI is InChI=1S/C24H26ClN3O4/c1-5-21-26-13-14-28(21)20-12-7-16(22(29)31-6-2)15-19(20)27-23(30)24(3,4)32-18-10-8-17(25)9-11-18/h7-15H,5-6H2,1-4H3,(H,27,30). The number of halogens is 1. The molecule has 7 nitrogen and oxygen atoms in total. The van der Waals surface area contributed by atoms with Gasteiger partial charge in [-0.2, -0.15) is 0 Å². The van der Waals surface area contributed by atoms with Gasteiger partial charge in [-0.3, -0.25) is 4.79 Å². The van der Waals surface area contributed by atoms with Crippen molar-refractivity contribution in [2.75, 3.05) is 11.9 Å². The molecule has 2 aromatic carbocycles. The van der Waals surface area contributed by atoms with Crippen molar-refractivity contribution < 1.29 is 19.1 Å². The zero-order valence-electron chi connectivity index (χ0n) is 18.5. The Labute approximate surface area is 192 Å². The van der Waals surface area contributed by atoms with Gasteiger partial charge in [0.15, 0.2) is 5.60 Å². The highest BCUT2D eigenvalue weighted by Crippen LogP contribution is 2.27. The maximum absolute atomic E-state index is 13.2. The highest BCUT2D eigenvalue weighted by atomic mass is 35.5. The SMILES string of the molecule is CCOC(=O)c1ccc(-n2ccnc2CC)c(NC(=O)C(C)(C)Oc2ccc(Cl)cc2)c1. The third kappa shape index (κ3) is 5.29. The van der Waals surface area contributed by atoms with Gasteiger partial charge in [-0.1, -0.05) is 18.5 Å². The first kappa shape index (κ1) is 23.3. The first-order valence-corrected chi connectivity index (χ1v) is 10.7. The minimum absolute atomic E-state index is 0.256. The van der Waals surface area contributed by atoms with Gasteiger partial charge in [-0.25, -0.2) is 9.78 Å². The number of ether oxygens (including phenoxy) is 2. The Morgan fingerprint density at radius 2 is 1.84 bits per heavy atom. The third-order valence-corrected chi connectivity index (χ3v) is 5.03. The van der Waals surface area contributed by atoms with Crippen LogP contribution in [0.3, 0.4) is 0 Å². The molecule has 1 amide bonds. The smallest absolute Gasteiger partial charge is 0.338 e. The Morgan fingerprint density at radius 3 is 2.50 bits per heavy atom. The summed E-state index contributed by atoms with van der Waals surface area (Å²) in [5, 5.41) is 3.49. The molecule has 0 atom stereocenters. The Morgan fingerprint density at radius 1 is 1.12 bits per heavy atom. The van der Waals surface area contributed by atoms with Gasteiger partial charge >= 0.3 is 5.97 Å². The first-order valence-electron chi connectivity index (χ1n) is 10.3. The predicted octanol–water partition coefficient (Wildman–Crippen LogP) is 5.06. The lowest BCUT2D eigenvalue weighted by Gasteiger charge is -2.26. The maximum atomic E-state index is 13.2. The van der Waals surface area contributed by atoms with E-state index in [0.29, 0.717) is 34.1 Å². The fourth-order valence-corrected chi connectivity index (χ4v) is 3.25. The summed E-state index contributed by atoms with van der Waals surface area (Å²) in [4.78, 5) is 29.8. The second-order valence-corrected chi connectivity index (χ2v) is 7.98. The fraction of sp³-hybridized carbons (Fsp3) is 0.292. The Bertz CT molecular complexity index is 1110. The molecule has 32 heavy (non-hydrogen) atoms. The molecule has 1 N–H and O–H groups in total. The fourth-order valence-electron chi connectivity index (χ4n) is 3.12. The second kappa shape index (κ2) is 9.87. The van der Waals surface area contributed by atoms with Gasteiger partial charge in [0.25, 0.3) is 5.91 Å². The van der Waals surface area contributed by atoms with Gasteiger partial charge in [0.1, 0.15) is 11.6 Å². The number of aryl methyl sites for hydroxylation is 1. The van der Waals surface area contributed by atoms with E-state index in [4.69, 9.17) is 21.1 Å². The van der Waals surface area contributed by atoms with Crippen LogP contribution in [0.4, 0.5) is 5.69 Å². The molecule has 0 aliphatic heterocycles. The lowest BCUT2D eigenvalue weighted by Crippen LogP contribution is -2.42. The average Bonchev–Trinajstić information content (AvgIpc) is 3.24. The molecule has 0 fully saturated rings. The number of esters is 1. The van der Waals surface area contributed by atoms with Gasteiger partial charge in [0.2, 0.25) is 0 Å². The van der Waals surface area contributed by atoms with E-state index < -0.39 is 11.6 Å². The van der Waals surface area contributed by atoms with Crippen molar-refractivity contribution >= 4 is 29.2 Å². The summed E-state index contributed by atoms with van der Waals surface area (Å²) in [6, 6.07) is 11.8. The maximum Gasteiger partial charge on any atom is 0.338 e. The number of aromatic nitrogens is 2. The van der Waals surface area contributed by atoms with Gasteiger partial charge in [0.05, 0.1) is 23.5 Å². The van der Waals surface area contributed by atoms with Crippen molar-refractivity contribution in [2.24, 2.45) is 0 Å². The van der Waals surface area contributed by atoms with Crippen LogP contribution in [0.5, 0.6) is 5.75 Å². The van der Waals surface area contributed by atoms with Gasteiger partial charge in [-0.05, 0) is 63.2 Å². The van der Waals surface area contributed by atoms with E-state index in [1.165, 1.54) is 0 Å². The predicted molar refractivity (Wildman–Crippen MR) is 124 cm³/mol. The quantitative estimate of drug-likeness (QED) is 0.480. The number of carbonyl (C=O) groups is 2. The Kier molecular flexibility index (Phi) is 7.20. The van der Waals surface area contributed by atoms with Crippen LogP contribution < -0.4 is 10.1 Å². The van der Waals surface area contributed by atoms with Crippen molar-refractivity contribution in [3.8, 4) is 11.4 Å². The van der Waals surface area contributed by atoms with E-state index >= 15 is 0 Å². The van der Waals surface area contributed by atoms with Crippen LogP contribution in [0.15, 0.2) is 54.9 Å². The summed E-state index contributed by atoms with van der Waals surface area (Å²) in [5.74, 6) is 0.486. The first-order chi connectivity index (χ1) is 15.2. The molecule has 3 rings (SSSR count). The number of carbonyl (C=O) groups excluding carboxylic acids is 2. The molecule has 8 heteroatoms. The Hall–Kier alpha value is -3.32. The van der Waals surface area contributed by atoms with Gasteiger partial charge < -0.3 is 19.4 Å². The zero-order valence-corrected chi connectivity index (χ0v) is 19.3. The van der Waals surface area contributed by atoms with E-state index in [-0.39, 0.29) is 12.5 Å². The zero-order chi connectivity index (χ0) is 23.3. The number of imidazole rings is 1.